The lowest BCUT2D eigenvalue weighted by Gasteiger charge is -2.24. The molecule has 5 heteroatoms. The van der Waals surface area contributed by atoms with Crippen molar-refractivity contribution in [3.63, 3.8) is 0 Å². The molecule has 29 heavy (non-hydrogen) atoms. The van der Waals surface area contributed by atoms with Crippen molar-refractivity contribution in [2.24, 2.45) is 0 Å². The van der Waals surface area contributed by atoms with Crippen LogP contribution < -0.4 is 9.47 Å². The van der Waals surface area contributed by atoms with Crippen LogP contribution in [-0.4, -0.2) is 36.4 Å². The number of ether oxygens (including phenoxy) is 2. The van der Waals surface area contributed by atoms with Crippen LogP contribution in [0, 0.1) is 13.8 Å². The molecule has 3 rings (SSSR count). The van der Waals surface area contributed by atoms with Gasteiger partial charge < -0.3 is 19.0 Å². The molecule has 154 valence electrons. The standard InChI is InChI=1S/C24H29NO4/c1-18-6-9-23(13-19(18)2)29-17-21(26)15-25(16-24-5-4-12-28-24)14-20-7-10-22(27-3)11-8-20/h4-13,21,26H,14-17H2,1-3H3. The molecule has 0 aliphatic rings. The summed E-state index contributed by atoms with van der Waals surface area (Å²) in [6.45, 7) is 6.13. The van der Waals surface area contributed by atoms with E-state index in [1.54, 1.807) is 13.4 Å². The van der Waals surface area contributed by atoms with Gasteiger partial charge in [-0.05, 0) is 66.9 Å². The number of nitrogens with zero attached hydrogens (tertiary/aromatic N) is 1. The number of benzene rings is 2. The Morgan fingerprint density at radius 1 is 0.966 bits per heavy atom. The molecule has 0 saturated heterocycles. The molecule has 1 aromatic heterocycles. The van der Waals surface area contributed by atoms with Crippen molar-refractivity contribution in [2.45, 2.75) is 33.0 Å². The van der Waals surface area contributed by atoms with Crippen molar-refractivity contribution in [1.29, 1.82) is 0 Å². The molecule has 3 aromatic rings. The van der Waals surface area contributed by atoms with Crippen molar-refractivity contribution < 1.29 is 19.0 Å². The molecule has 2 aromatic carbocycles. The number of methoxy groups -OCH3 is 1. The molecule has 5 nitrogen and oxygen atoms in total. The van der Waals surface area contributed by atoms with E-state index < -0.39 is 6.10 Å². The van der Waals surface area contributed by atoms with Crippen LogP contribution in [0.4, 0.5) is 0 Å². The van der Waals surface area contributed by atoms with Crippen LogP contribution in [0.2, 0.25) is 0 Å². The van der Waals surface area contributed by atoms with Crippen molar-refractivity contribution >= 4 is 0 Å². The number of hydrogen-bond donors (Lipinski definition) is 1. The van der Waals surface area contributed by atoms with E-state index in [4.69, 9.17) is 13.9 Å². The van der Waals surface area contributed by atoms with Crippen LogP contribution in [0.3, 0.4) is 0 Å². The molecule has 1 unspecified atom stereocenters. The van der Waals surface area contributed by atoms with Crippen molar-refractivity contribution in [3.8, 4) is 11.5 Å². The maximum Gasteiger partial charge on any atom is 0.119 e. The van der Waals surface area contributed by atoms with E-state index in [1.165, 1.54) is 11.1 Å². The minimum Gasteiger partial charge on any atom is -0.497 e. The van der Waals surface area contributed by atoms with E-state index in [-0.39, 0.29) is 6.61 Å². The molecule has 0 amide bonds. The minimum atomic E-state index is -0.621. The number of hydrogen-bond acceptors (Lipinski definition) is 5. The van der Waals surface area contributed by atoms with Gasteiger partial charge >= 0.3 is 0 Å². The Bertz CT molecular complexity index is 874. The highest BCUT2D eigenvalue weighted by atomic mass is 16.5. The summed E-state index contributed by atoms with van der Waals surface area (Å²) in [5, 5.41) is 10.6. The van der Waals surface area contributed by atoms with Crippen LogP contribution in [0.25, 0.3) is 0 Å². The summed E-state index contributed by atoms with van der Waals surface area (Å²) >= 11 is 0. The normalized spacial score (nSPS) is 12.2. The number of rotatable bonds is 10. The van der Waals surface area contributed by atoms with Gasteiger partial charge in [-0.25, -0.2) is 0 Å². The largest absolute Gasteiger partial charge is 0.497 e. The first-order valence-corrected chi connectivity index (χ1v) is 9.79. The zero-order chi connectivity index (χ0) is 20.6. The van der Waals surface area contributed by atoms with E-state index in [1.807, 2.05) is 54.6 Å². The highest BCUT2D eigenvalue weighted by molar-refractivity contribution is 5.33. The summed E-state index contributed by atoms with van der Waals surface area (Å²) in [7, 11) is 1.66. The van der Waals surface area contributed by atoms with Crippen LogP contribution in [0.15, 0.2) is 65.3 Å². The lowest BCUT2D eigenvalue weighted by atomic mass is 10.1. The Morgan fingerprint density at radius 2 is 1.72 bits per heavy atom. The second-order valence-corrected chi connectivity index (χ2v) is 7.31. The first kappa shape index (κ1) is 21.0. The van der Waals surface area contributed by atoms with E-state index >= 15 is 0 Å². The maximum absolute atomic E-state index is 10.6. The quantitative estimate of drug-likeness (QED) is 0.553. The van der Waals surface area contributed by atoms with Crippen molar-refractivity contribution in [2.75, 3.05) is 20.3 Å². The topological polar surface area (TPSA) is 55.1 Å². The lowest BCUT2D eigenvalue weighted by Crippen LogP contribution is -2.35. The average molecular weight is 395 g/mol. The number of furan rings is 1. The smallest absolute Gasteiger partial charge is 0.119 e. The summed E-state index contributed by atoms with van der Waals surface area (Å²) in [6.07, 6.45) is 1.05. The number of aliphatic hydroxyl groups is 1. The number of aryl methyl sites for hydroxylation is 2. The van der Waals surface area contributed by atoms with Gasteiger partial charge in [0, 0.05) is 13.1 Å². The summed E-state index contributed by atoms with van der Waals surface area (Å²) in [6, 6.07) is 17.7. The summed E-state index contributed by atoms with van der Waals surface area (Å²) in [4.78, 5) is 2.15. The van der Waals surface area contributed by atoms with Gasteiger partial charge in [0.2, 0.25) is 0 Å². The highest BCUT2D eigenvalue weighted by Crippen LogP contribution is 2.18. The SMILES string of the molecule is COc1ccc(CN(Cc2ccco2)CC(O)COc2ccc(C)c(C)c2)cc1. The van der Waals surface area contributed by atoms with Crippen molar-refractivity contribution in [1.82, 2.24) is 4.90 Å². The van der Waals surface area contributed by atoms with Crippen LogP contribution >= 0.6 is 0 Å². The van der Waals surface area contributed by atoms with Crippen molar-refractivity contribution in [3.05, 3.63) is 83.3 Å². The predicted molar refractivity (Wildman–Crippen MR) is 113 cm³/mol. The molecule has 0 saturated carbocycles. The molecular weight excluding hydrogens is 366 g/mol. The third-order valence-corrected chi connectivity index (χ3v) is 4.91. The Morgan fingerprint density at radius 3 is 2.38 bits per heavy atom. The maximum atomic E-state index is 10.6. The molecule has 0 radical (unpaired) electrons. The van der Waals surface area contributed by atoms with E-state index in [0.29, 0.717) is 19.6 Å². The zero-order valence-corrected chi connectivity index (χ0v) is 17.3. The fourth-order valence-electron chi connectivity index (χ4n) is 3.14. The van der Waals surface area contributed by atoms with E-state index in [9.17, 15) is 5.11 Å². The Labute approximate surface area is 172 Å². The molecule has 1 heterocycles. The fraction of sp³-hybridized carbons (Fsp3) is 0.333. The summed E-state index contributed by atoms with van der Waals surface area (Å²) in [5.41, 5.74) is 3.54. The second kappa shape index (κ2) is 10.1. The molecular formula is C24H29NO4. The van der Waals surface area contributed by atoms with Gasteiger partial charge in [0.15, 0.2) is 0 Å². The van der Waals surface area contributed by atoms with Crippen LogP contribution in [0.5, 0.6) is 11.5 Å². The van der Waals surface area contributed by atoms with Crippen LogP contribution in [-0.2, 0) is 13.1 Å². The monoisotopic (exact) mass is 395 g/mol. The Hall–Kier alpha value is -2.76. The van der Waals surface area contributed by atoms with Gasteiger partial charge in [0.05, 0.1) is 19.9 Å². The fourth-order valence-corrected chi connectivity index (χ4v) is 3.14. The lowest BCUT2D eigenvalue weighted by molar-refractivity contribution is 0.0604. The third-order valence-electron chi connectivity index (χ3n) is 4.91. The first-order valence-electron chi connectivity index (χ1n) is 9.79. The zero-order valence-electron chi connectivity index (χ0n) is 17.3. The third kappa shape index (κ3) is 6.38. The molecule has 0 bridgehead atoms. The van der Waals surface area contributed by atoms with Gasteiger partial charge in [-0.3, -0.25) is 4.90 Å². The van der Waals surface area contributed by atoms with Crippen LogP contribution in [0.1, 0.15) is 22.5 Å². The molecule has 1 atom stereocenters. The van der Waals surface area contributed by atoms with Gasteiger partial charge in [0.1, 0.15) is 30.0 Å². The molecule has 0 fully saturated rings. The van der Waals surface area contributed by atoms with E-state index in [0.717, 1.165) is 22.8 Å². The number of aliphatic hydroxyl groups excluding tert-OH is 1. The predicted octanol–water partition coefficient (Wildman–Crippen LogP) is 4.35. The van der Waals surface area contributed by atoms with Gasteiger partial charge in [0.25, 0.3) is 0 Å². The van der Waals surface area contributed by atoms with E-state index in [2.05, 4.69) is 18.7 Å². The molecule has 0 spiro atoms. The molecule has 1 N–H and O–H groups in total. The van der Waals surface area contributed by atoms with Gasteiger partial charge in [-0.15, -0.1) is 0 Å². The first-order chi connectivity index (χ1) is 14.0. The summed E-state index contributed by atoms with van der Waals surface area (Å²) in [5.74, 6) is 2.47. The molecule has 0 aliphatic carbocycles. The van der Waals surface area contributed by atoms with Gasteiger partial charge in [-0.2, -0.15) is 0 Å². The Balaban J connectivity index is 1.60. The van der Waals surface area contributed by atoms with Gasteiger partial charge in [-0.1, -0.05) is 18.2 Å². The average Bonchev–Trinajstić information content (AvgIpc) is 3.22. The Kier molecular flexibility index (Phi) is 7.33. The highest BCUT2D eigenvalue weighted by Gasteiger charge is 2.15. The second-order valence-electron chi connectivity index (χ2n) is 7.31. The molecule has 0 aliphatic heterocycles. The minimum absolute atomic E-state index is 0.236. The summed E-state index contributed by atoms with van der Waals surface area (Å²) < 4.78 is 16.5.